The molecule has 0 spiro atoms. The number of benzene rings is 2. The van der Waals surface area contributed by atoms with Gasteiger partial charge in [-0.15, -0.1) is 0 Å². The van der Waals surface area contributed by atoms with Gasteiger partial charge in [-0.25, -0.2) is 13.6 Å². The lowest BCUT2D eigenvalue weighted by Gasteiger charge is -2.07. The van der Waals surface area contributed by atoms with Crippen LogP contribution in [0.5, 0.6) is 0 Å². The summed E-state index contributed by atoms with van der Waals surface area (Å²) in [7, 11) is 0. The first-order valence-corrected chi connectivity index (χ1v) is 9.04. The van der Waals surface area contributed by atoms with Gasteiger partial charge in [0.25, 0.3) is 0 Å². The Kier molecular flexibility index (Phi) is 4.98. The average Bonchev–Trinajstić information content (AvgIpc) is 3.00. The number of carbonyl (C=O) groups is 1. The molecule has 0 bridgehead atoms. The van der Waals surface area contributed by atoms with E-state index in [2.05, 4.69) is 4.98 Å². The van der Waals surface area contributed by atoms with Crippen molar-refractivity contribution in [2.24, 2.45) is 0 Å². The van der Waals surface area contributed by atoms with Gasteiger partial charge in [0.2, 0.25) is 5.78 Å². The standard InChI is InChI=1S/C21H13ClF2N2O3/c22-14-11-17-18(10-13(14)20(27)19-15(23)2-1-3-16(19)24)29-21(28)26(17)9-6-12-4-7-25-8-5-12/h1-5,7-8,10-11H,6,9H2. The van der Waals surface area contributed by atoms with Crippen LogP contribution in [0.1, 0.15) is 21.5 Å². The molecule has 5 nitrogen and oxygen atoms in total. The molecule has 2 aromatic heterocycles. The van der Waals surface area contributed by atoms with Crippen molar-refractivity contribution in [2.45, 2.75) is 13.0 Å². The second-order valence-electron chi connectivity index (χ2n) is 6.35. The maximum atomic E-state index is 14.0. The van der Waals surface area contributed by atoms with E-state index in [4.69, 9.17) is 16.0 Å². The third-order valence-corrected chi connectivity index (χ3v) is 4.88. The molecular formula is C21H13ClF2N2O3. The number of ketones is 1. The molecule has 2 heterocycles. The maximum absolute atomic E-state index is 14.0. The molecule has 29 heavy (non-hydrogen) atoms. The molecule has 0 saturated carbocycles. The van der Waals surface area contributed by atoms with Crippen LogP contribution < -0.4 is 5.76 Å². The zero-order chi connectivity index (χ0) is 20.5. The van der Waals surface area contributed by atoms with E-state index in [9.17, 15) is 18.4 Å². The highest BCUT2D eigenvalue weighted by molar-refractivity contribution is 6.35. The van der Waals surface area contributed by atoms with Crippen LogP contribution in [-0.4, -0.2) is 15.3 Å². The molecule has 146 valence electrons. The molecule has 0 unspecified atom stereocenters. The van der Waals surface area contributed by atoms with Crippen molar-refractivity contribution < 1.29 is 18.0 Å². The molecule has 0 aliphatic rings. The molecule has 4 rings (SSSR count). The van der Waals surface area contributed by atoms with Crippen LogP contribution in [0.15, 0.2) is 64.1 Å². The lowest BCUT2D eigenvalue weighted by Crippen LogP contribution is -2.15. The fourth-order valence-corrected chi connectivity index (χ4v) is 3.35. The minimum absolute atomic E-state index is 0.0383. The van der Waals surface area contributed by atoms with E-state index in [0.29, 0.717) is 18.5 Å². The van der Waals surface area contributed by atoms with Crippen molar-refractivity contribution in [3.63, 3.8) is 0 Å². The largest absolute Gasteiger partial charge is 0.419 e. The first kappa shape index (κ1) is 19.0. The highest BCUT2D eigenvalue weighted by Crippen LogP contribution is 2.27. The molecular weight excluding hydrogens is 402 g/mol. The van der Waals surface area contributed by atoms with Gasteiger partial charge in [0.05, 0.1) is 16.1 Å². The van der Waals surface area contributed by atoms with E-state index in [1.165, 1.54) is 16.7 Å². The van der Waals surface area contributed by atoms with E-state index >= 15 is 0 Å². The SMILES string of the molecule is O=C(c1cc2oc(=O)n(CCc3ccncc3)c2cc1Cl)c1c(F)cccc1F. The fraction of sp³-hybridized carbons (Fsp3) is 0.0952. The van der Waals surface area contributed by atoms with Crippen LogP contribution in [-0.2, 0) is 13.0 Å². The predicted molar refractivity (Wildman–Crippen MR) is 103 cm³/mol. The Morgan fingerprint density at radius 2 is 1.79 bits per heavy atom. The summed E-state index contributed by atoms with van der Waals surface area (Å²) in [6.45, 7) is 0.321. The van der Waals surface area contributed by atoms with E-state index < -0.39 is 28.7 Å². The third kappa shape index (κ3) is 3.56. The highest BCUT2D eigenvalue weighted by Gasteiger charge is 2.23. The Labute approximate surface area is 168 Å². The van der Waals surface area contributed by atoms with Crippen molar-refractivity contribution in [1.29, 1.82) is 0 Å². The summed E-state index contributed by atoms with van der Waals surface area (Å²) in [6.07, 6.45) is 3.86. The smallest absolute Gasteiger partial charge is 0.408 e. The lowest BCUT2D eigenvalue weighted by molar-refractivity contribution is 0.103. The Balaban J connectivity index is 1.73. The number of nitrogens with zero attached hydrogens (tertiary/aromatic N) is 2. The van der Waals surface area contributed by atoms with Gasteiger partial charge < -0.3 is 4.42 Å². The van der Waals surface area contributed by atoms with E-state index in [0.717, 1.165) is 23.8 Å². The minimum atomic E-state index is -0.998. The Morgan fingerprint density at radius 3 is 2.48 bits per heavy atom. The van der Waals surface area contributed by atoms with Gasteiger partial charge in [-0.05, 0) is 48.4 Å². The molecule has 0 saturated heterocycles. The number of hydrogen-bond acceptors (Lipinski definition) is 4. The Morgan fingerprint density at radius 1 is 1.10 bits per heavy atom. The second kappa shape index (κ2) is 7.60. The van der Waals surface area contributed by atoms with Crippen molar-refractivity contribution in [3.8, 4) is 0 Å². The van der Waals surface area contributed by atoms with Crippen molar-refractivity contribution in [3.05, 3.63) is 98.8 Å². The number of aromatic nitrogens is 2. The van der Waals surface area contributed by atoms with E-state index in [1.54, 1.807) is 12.4 Å². The number of rotatable bonds is 5. The quantitative estimate of drug-likeness (QED) is 0.454. The fourth-order valence-electron chi connectivity index (χ4n) is 3.11. The molecule has 8 heteroatoms. The summed E-state index contributed by atoms with van der Waals surface area (Å²) in [5.74, 6) is -3.54. The number of aryl methyl sites for hydroxylation is 2. The van der Waals surface area contributed by atoms with Crippen LogP contribution >= 0.6 is 11.6 Å². The zero-order valence-electron chi connectivity index (χ0n) is 14.9. The normalized spacial score (nSPS) is 11.1. The second-order valence-corrected chi connectivity index (χ2v) is 6.76. The lowest BCUT2D eigenvalue weighted by atomic mass is 10.0. The summed E-state index contributed by atoms with van der Waals surface area (Å²) in [4.78, 5) is 28.9. The number of hydrogen-bond donors (Lipinski definition) is 0. The van der Waals surface area contributed by atoms with Gasteiger partial charge >= 0.3 is 5.76 Å². The molecule has 4 aromatic rings. The van der Waals surface area contributed by atoms with Gasteiger partial charge in [-0.3, -0.25) is 14.3 Å². The number of carbonyl (C=O) groups excluding carboxylic acids is 1. The molecule has 0 N–H and O–H groups in total. The van der Waals surface area contributed by atoms with E-state index in [1.807, 2.05) is 12.1 Å². The van der Waals surface area contributed by atoms with Crippen LogP contribution in [0.3, 0.4) is 0 Å². The Hall–Kier alpha value is -3.32. The van der Waals surface area contributed by atoms with Gasteiger partial charge in [0.15, 0.2) is 5.58 Å². The summed E-state index contributed by atoms with van der Waals surface area (Å²) in [6, 6.07) is 9.42. The van der Waals surface area contributed by atoms with Gasteiger partial charge in [0, 0.05) is 24.5 Å². The molecule has 0 aliphatic heterocycles. The molecule has 0 fully saturated rings. The number of fused-ring (bicyclic) bond motifs is 1. The van der Waals surface area contributed by atoms with Crippen molar-refractivity contribution in [1.82, 2.24) is 9.55 Å². The van der Waals surface area contributed by atoms with Crippen molar-refractivity contribution in [2.75, 3.05) is 0 Å². The van der Waals surface area contributed by atoms with Gasteiger partial charge in [-0.1, -0.05) is 17.7 Å². The number of oxazole rings is 1. The average molecular weight is 415 g/mol. The monoisotopic (exact) mass is 414 g/mol. The molecule has 0 atom stereocenters. The van der Waals surface area contributed by atoms with Crippen LogP contribution in [0.2, 0.25) is 5.02 Å². The highest BCUT2D eigenvalue weighted by atomic mass is 35.5. The topological polar surface area (TPSA) is 65.1 Å². The van der Waals surface area contributed by atoms with Crippen LogP contribution in [0.4, 0.5) is 8.78 Å². The number of halogens is 3. The third-order valence-electron chi connectivity index (χ3n) is 4.56. The summed E-state index contributed by atoms with van der Waals surface area (Å²) in [5, 5.41) is -0.0383. The van der Waals surface area contributed by atoms with Crippen LogP contribution in [0, 0.1) is 11.6 Å². The Bertz CT molecular complexity index is 1260. The first-order valence-electron chi connectivity index (χ1n) is 8.66. The van der Waals surface area contributed by atoms with Crippen molar-refractivity contribution >= 4 is 28.5 Å². The maximum Gasteiger partial charge on any atom is 0.419 e. The van der Waals surface area contributed by atoms with E-state index in [-0.39, 0.29) is 16.2 Å². The first-order chi connectivity index (χ1) is 14.0. The molecule has 0 aliphatic carbocycles. The summed E-state index contributed by atoms with van der Waals surface area (Å²) in [5.41, 5.74) is 0.606. The van der Waals surface area contributed by atoms with Gasteiger partial charge in [-0.2, -0.15) is 0 Å². The predicted octanol–water partition coefficient (Wildman–Crippen LogP) is 4.39. The zero-order valence-corrected chi connectivity index (χ0v) is 15.6. The number of pyridine rings is 1. The van der Waals surface area contributed by atoms with Gasteiger partial charge in [0.1, 0.15) is 11.6 Å². The van der Waals surface area contributed by atoms with Crippen LogP contribution in [0.25, 0.3) is 11.1 Å². The summed E-state index contributed by atoms with van der Waals surface area (Å²) >= 11 is 6.22. The molecule has 0 amide bonds. The minimum Gasteiger partial charge on any atom is -0.408 e. The summed E-state index contributed by atoms with van der Waals surface area (Å²) < 4.78 is 34.6. The molecule has 2 aromatic carbocycles. The molecule has 0 radical (unpaired) electrons.